The Hall–Kier alpha value is -1.12. The van der Waals surface area contributed by atoms with Gasteiger partial charge >= 0.3 is 0 Å². The third-order valence-corrected chi connectivity index (χ3v) is 2.65. The second-order valence-electron chi connectivity index (χ2n) is 2.50. The van der Waals surface area contributed by atoms with Crippen molar-refractivity contribution in [2.75, 3.05) is 5.75 Å². The summed E-state index contributed by atoms with van der Waals surface area (Å²) in [5.74, 6) is 0.740. The normalized spacial score (nSPS) is 9.36. The Kier molecular flexibility index (Phi) is 4.36. The van der Waals surface area contributed by atoms with Crippen molar-refractivity contribution in [3.8, 4) is 6.07 Å². The minimum absolute atomic E-state index is 0.370. The maximum atomic E-state index is 8.36. The fourth-order valence-electron chi connectivity index (χ4n) is 0.843. The fourth-order valence-corrected chi connectivity index (χ4v) is 1.72. The first kappa shape index (κ1) is 11.0. The topological polar surface area (TPSA) is 62.7 Å². The molecule has 1 rings (SSSR count). The minimum atomic E-state index is 0.370. The van der Waals surface area contributed by atoms with Gasteiger partial charge in [-0.2, -0.15) is 5.26 Å². The van der Waals surface area contributed by atoms with Crippen LogP contribution in [0.1, 0.15) is 12.0 Å². The predicted molar refractivity (Wildman–Crippen MR) is 61.1 cm³/mol. The number of pyridine rings is 1. The molecule has 5 heteroatoms. The molecule has 14 heavy (non-hydrogen) atoms. The summed E-state index contributed by atoms with van der Waals surface area (Å²) >= 11 is 6.37. The summed E-state index contributed by atoms with van der Waals surface area (Å²) in [7, 11) is 0. The van der Waals surface area contributed by atoms with E-state index in [1.807, 2.05) is 6.07 Å². The van der Waals surface area contributed by atoms with Gasteiger partial charge in [-0.15, -0.1) is 11.8 Å². The second-order valence-corrected chi connectivity index (χ2v) is 4.06. The molecule has 0 aliphatic carbocycles. The van der Waals surface area contributed by atoms with E-state index in [0.29, 0.717) is 11.4 Å². The first-order valence-corrected chi connectivity index (χ1v) is 5.39. The van der Waals surface area contributed by atoms with Gasteiger partial charge in [0.15, 0.2) is 0 Å². The van der Waals surface area contributed by atoms with Crippen molar-refractivity contribution >= 4 is 29.0 Å². The van der Waals surface area contributed by atoms with E-state index in [4.69, 9.17) is 23.2 Å². The third kappa shape index (κ3) is 3.32. The molecule has 0 fully saturated rings. The van der Waals surface area contributed by atoms with Crippen molar-refractivity contribution in [1.29, 1.82) is 5.26 Å². The molecule has 1 heterocycles. The number of nitriles is 1. The van der Waals surface area contributed by atoms with Crippen molar-refractivity contribution in [1.82, 2.24) is 4.98 Å². The molecule has 0 aliphatic rings. The van der Waals surface area contributed by atoms with Crippen LogP contribution in [0.15, 0.2) is 23.4 Å². The predicted octanol–water partition coefficient (Wildman–Crippen LogP) is 1.72. The van der Waals surface area contributed by atoms with E-state index in [9.17, 15) is 0 Å². The molecular weight excluding hydrogens is 214 g/mol. The average molecular weight is 223 g/mol. The van der Waals surface area contributed by atoms with Crippen LogP contribution >= 0.6 is 24.0 Å². The number of thioether (sulfide) groups is 1. The summed E-state index contributed by atoms with van der Waals surface area (Å²) < 4.78 is 0. The molecule has 0 spiro atoms. The Morgan fingerprint density at radius 1 is 1.71 bits per heavy atom. The number of thiocarbonyl (C=S) groups is 1. The Balaban J connectivity index is 2.65. The second kappa shape index (κ2) is 5.58. The van der Waals surface area contributed by atoms with Gasteiger partial charge in [0, 0.05) is 23.9 Å². The van der Waals surface area contributed by atoms with E-state index in [-0.39, 0.29) is 0 Å². The highest BCUT2D eigenvalue weighted by molar-refractivity contribution is 7.99. The van der Waals surface area contributed by atoms with Gasteiger partial charge < -0.3 is 5.73 Å². The fraction of sp³-hybridized carbons (Fsp3) is 0.222. The molecule has 0 radical (unpaired) electrons. The van der Waals surface area contributed by atoms with Crippen LogP contribution in [-0.2, 0) is 0 Å². The first-order valence-electron chi connectivity index (χ1n) is 3.99. The molecule has 0 bridgehead atoms. The van der Waals surface area contributed by atoms with Gasteiger partial charge in [-0.1, -0.05) is 12.2 Å². The molecular formula is C9H9N3S2. The molecule has 1 aromatic rings. The quantitative estimate of drug-likeness (QED) is 0.478. The van der Waals surface area contributed by atoms with Crippen LogP contribution in [-0.4, -0.2) is 15.7 Å². The molecule has 3 nitrogen and oxygen atoms in total. The zero-order valence-corrected chi connectivity index (χ0v) is 9.07. The lowest BCUT2D eigenvalue weighted by Gasteiger charge is -2.00. The first-order chi connectivity index (χ1) is 6.74. The van der Waals surface area contributed by atoms with Crippen molar-refractivity contribution in [2.45, 2.75) is 11.4 Å². The molecule has 0 atom stereocenters. The van der Waals surface area contributed by atoms with Crippen LogP contribution in [0.5, 0.6) is 0 Å². The van der Waals surface area contributed by atoms with Crippen molar-refractivity contribution in [3.63, 3.8) is 0 Å². The summed E-state index contributed by atoms with van der Waals surface area (Å²) in [6.07, 6.45) is 2.19. The van der Waals surface area contributed by atoms with E-state index in [0.717, 1.165) is 16.3 Å². The smallest absolute Gasteiger partial charge is 0.104 e. The number of nitrogens with two attached hydrogens (primary N) is 1. The van der Waals surface area contributed by atoms with Crippen molar-refractivity contribution < 1.29 is 0 Å². The van der Waals surface area contributed by atoms with E-state index >= 15 is 0 Å². The van der Waals surface area contributed by atoms with Crippen LogP contribution in [0.4, 0.5) is 0 Å². The van der Waals surface area contributed by atoms with Crippen LogP contribution in [0.3, 0.4) is 0 Å². The molecule has 72 valence electrons. The maximum absolute atomic E-state index is 8.36. The van der Waals surface area contributed by atoms with Gasteiger partial charge in [-0.25, -0.2) is 4.98 Å². The average Bonchev–Trinajstić information content (AvgIpc) is 2.19. The van der Waals surface area contributed by atoms with E-state index in [1.165, 1.54) is 11.8 Å². The largest absolute Gasteiger partial charge is 0.389 e. The molecule has 0 unspecified atom stereocenters. The highest BCUT2D eigenvalue weighted by Crippen LogP contribution is 2.16. The molecule has 2 N–H and O–H groups in total. The Labute approximate surface area is 92.3 Å². The number of nitrogens with zero attached hydrogens (tertiary/aromatic N) is 2. The molecule has 0 aliphatic heterocycles. The molecule has 0 amide bonds. The lowest BCUT2D eigenvalue weighted by atomic mass is 10.3. The molecule has 1 aromatic heterocycles. The van der Waals surface area contributed by atoms with Crippen LogP contribution in [0.2, 0.25) is 0 Å². The maximum Gasteiger partial charge on any atom is 0.104 e. The summed E-state index contributed by atoms with van der Waals surface area (Å²) in [4.78, 5) is 4.50. The number of hydrogen-bond acceptors (Lipinski definition) is 4. The van der Waals surface area contributed by atoms with Crippen molar-refractivity contribution in [3.05, 3.63) is 23.9 Å². The third-order valence-electron chi connectivity index (χ3n) is 1.48. The SMILES string of the molecule is N#CCCSc1cc(C(N)=S)ccn1. The molecule has 0 saturated carbocycles. The zero-order chi connectivity index (χ0) is 10.4. The summed E-state index contributed by atoms with van der Waals surface area (Å²) in [5.41, 5.74) is 6.29. The Bertz CT molecular complexity index is 371. The molecule has 0 saturated heterocycles. The summed E-state index contributed by atoms with van der Waals surface area (Å²) in [5, 5.41) is 9.21. The van der Waals surface area contributed by atoms with Crippen LogP contribution in [0, 0.1) is 11.3 Å². The van der Waals surface area contributed by atoms with Gasteiger partial charge in [0.1, 0.15) is 4.99 Å². The number of rotatable bonds is 4. The number of aromatic nitrogens is 1. The van der Waals surface area contributed by atoms with Gasteiger partial charge in [0.25, 0.3) is 0 Å². The highest BCUT2D eigenvalue weighted by Gasteiger charge is 1.99. The van der Waals surface area contributed by atoms with Gasteiger partial charge in [-0.05, 0) is 12.1 Å². The monoisotopic (exact) mass is 223 g/mol. The van der Waals surface area contributed by atoms with Crippen LogP contribution in [0.25, 0.3) is 0 Å². The highest BCUT2D eigenvalue weighted by atomic mass is 32.2. The lowest BCUT2D eigenvalue weighted by Crippen LogP contribution is -2.09. The standard InChI is InChI=1S/C9H9N3S2/c10-3-1-5-14-8-6-7(9(11)13)2-4-12-8/h2,4,6H,1,5H2,(H2,11,13). The molecule has 0 aromatic carbocycles. The summed E-state index contributed by atoms with van der Waals surface area (Å²) in [6.45, 7) is 0. The van der Waals surface area contributed by atoms with Gasteiger partial charge in [0.05, 0.1) is 11.1 Å². The van der Waals surface area contributed by atoms with Gasteiger partial charge in [0.2, 0.25) is 0 Å². The van der Waals surface area contributed by atoms with Crippen molar-refractivity contribution in [2.24, 2.45) is 5.73 Å². The lowest BCUT2D eigenvalue weighted by molar-refractivity contribution is 1.12. The number of hydrogen-bond donors (Lipinski definition) is 1. The summed E-state index contributed by atoms with van der Waals surface area (Å²) in [6, 6.07) is 5.69. The Morgan fingerprint density at radius 3 is 3.14 bits per heavy atom. The minimum Gasteiger partial charge on any atom is -0.389 e. The zero-order valence-electron chi connectivity index (χ0n) is 7.43. The van der Waals surface area contributed by atoms with Crippen LogP contribution < -0.4 is 5.73 Å². The van der Waals surface area contributed by atoms with Gasteiger partial charge in [-0.3, -0.25) is 0 Å². The van der Waals surface area contributed by atoms with E-state index < -0.39 is 0 Å². The van der Waals surface area contributed by atoms with E-state index in [2.05, 4.69) is 11.1 Å². The van der Waals surface area contributed by atoms with E-state index in [1.54, 1.807) is 12.3 Å². The Morgan fingerprint density at radius 2 is 2.50 bits per heavy atom.